The highest BCUT2D eigenvalue weighted by atomic mass is 35.7. The summed E-state index contributed by atoms with van der Waals surface area (Å²) in [4.78, 5) is 0.809. The molecule has 0 bridgehead atoms. The average Bonchev–Trinajstić information content (AvgIpc) is 2.43. The minimum absolute atomic E-state index is 0.0336. The van der Waals surface area contributed by atoms with Crippen molar-refractivity contribution in [1.29, 1.82) is 0 Å². The van der Waals surface area contributed by atoms with Crippen molar-refractivity contribution in [2.45, 2.75) is 16.4 Å². The number of hydrogen-bond acceptors (Lipinski definition) is 5. The zero-order valence-electron chi connectivity index (χ0n) is 7.43. The molecule has 1 aliphatic rings. The summed E-state index contributed by atoms with van der Waals surface area (Å²) in [5.74, 6) is 0.00747. The summed E-state index contributed by atoms with van der Waals surface area (Å²) in [5, 5.41) is 0. The SMILES string of the molecule is O=S1(=O)CCc2sc(S(=O)(=O)Cl)cc2C1. The van der Waals surface area contributed by atoms with Gasteiger partial charge in [0.2, 0.25) is 0 Å². The molecule has 8 heteroatoms. The predicted octanol–water partition coefficient (Wildman–Crippen LogP) is 1.15. The van der Waals surface area contributed by atoms with Gasteiger partial charge in [-0.3, -0.25) is 0 Å². The molecule has 0 amide bonds. The Hall–Kier alpha value is -0.110. The van der Waals surface area contributed by atoms with Crippen LogP contribution in [0.1, 0.15) is 10.4 Å². The van der Waals surface area contributed by atoms with Crippen molar-refractivity contribution in [3.8, 4) is 0 Å². The lowest BCUT2D eigenvalue weighted by Gasteiger charge is -2.10. The van der Waals surface area contributed by atoms with Gasteiger partial charge >= 0.3 is 0 Å². The molecule has 0 fully saturated rings. The molecule has 0 atom stereocenters. The van der Waals surface area contributed by atoms with Crippen LogP contribution in [-0.4, -0.2) is 22.6 Å². The van der Waals surface area contributed by atoms with Gasteiger partial charge in [-0.2, -0.15) is 0 Å². The van der Waals surface area contributed by atoms with Crippen LogP contribution >= 0.6 is 22.0 Å². The highest BCUT2D eigenvalue weighted by molar-refractivity contribution is 8.15. The highest BCUT2D eigenvalue weighted by Crippen LogP contribution is 2.33. The van der Waals surface area contributed by atoms with E-state index in [4.69, 9.17) is 10.7 Å². The van der Waals surface area contributed by atoms with Crippen LogP contribution in [0.3, 0.4) is 0 Å². The fourth-order valence-corrected chi connectivity index (χ4v) is 5.37. The molecule has 0 aromatic carbocycles. The lowest BCUT2D eigenvalue weighted by Crippen LogP contribution is -2.16. The van der Waals surface area contributed by atoms with E-state index in [1.165, 1.54) is 6.07 Å². The van der Waals surface area contributed by atoms with Crippen molar-refractivity contribution in [3.05, 3.63) is 16.5 Å². The number of sulfone groups is 1. The van der Waals surface area contributed by atoms with Gasteiger partial charge in [0.05, 0.1) is 11.5 Å². The smallest absolute Gasteiger partial charge is 0.228 e. The topological polar surface area (TPSA) is 68.3 Å². The van der Waals surface area contributed by atoms with Crippen molar-refractivity contribution >= 4 is 40.9 Å². The van der Waals surface area contributed by atoms with Crippen LogP contribution in [0, 0.1) is 0 Å². The van der Waals surface area contributed by atoms with E-state index in [9.17, 15) is 16.8 Å². The largest absolute Gasteiger partial charge is 0.270 e. The van der Waals surface area contributed by atoms with E-state index in [1.807, 2.05) is 0 Å². The maximum atomic E-state index is 11.3. The third-order valence-corrected chi connectivity index (χ3v) is 7.02. The number of halogens is 1. The fraction of sp³-hybridized carbons (Fsp3) is 0.429. The Morgan fingerprint density at radius 2 is 2.07 bits per heavy atom. The Labute approximate surface area is 96.2 Å². The predicted molar refractivity (Wildman–Crippen MR) is 58.6 cm³/mol. The molecule has 0 aliphatic carbocycles. The molecule has 2 rings (SSSR count). The van der Waals surface area contributed by atoms with Gasteiger partial charge < -0.3 is 0 Å². The van der Waals surface area contributed by atoms with Crippen LogP contribution in [0.2, 0.25) is 0 Å². The number of hydrogen-bond donors (Lipinski definition) is 0. The Kier molecular flexibility index (Phi) is 2.61. The van der Waals surface area contributed by atoms with Crippen LogP contribution in [0.15, 0.2) is 10.3 Å². The second-order valence-electron chi connectivity index (χ2n) is 3.29. The van der Waals surface area contributed by atoms with E-state index < -0.39 is 18.9 Å². The van der Waals surface area contributed by atoms with Crippen molar-refractivity contribution in [2.24, 2.45) is 0 Å². The standard InChI is InChI=1S/C7H7ClO4S3/c8-15(11,12)7-3-5-4-14(9,10)2-1-6(5)13-7/h3H,1-2,4H2. The lowest BCUT2D eigenvalue weighted by molar-refractivity contribution is 0.592. The monoisotopic (exact) mass is 286 g/mol. The highest BCUT2D eigenvalue weighted by Gasteiger charge is 2.26. The first-order valence-electron chi connectivity index (χ1n) is 4.05. The van der Waals surface area contributed by atoms with Gasteiger partial charge in [-0.15, -0.1) is 11.3 Å². The first kappa shape index (κ1) is 11.4. The van der Waals surface area contributed by atoms with Crippen molar-refractivity contribution in [1.82, 2.24) is 0 Å². The van der Waals surface area contributed by atoms with Gasteiger partial charge in [-0.1, -0.05) is 0 Å². The molecule has 1 aromatic rings. The molecule has 1 aromatic heterocycles. The van der Waals surface area contributed by atoms with Crippen LogP contribution < -0.4 is 0 Å². The van der Waals surface area contributed by atoms with Gasteiger partial charge in [0, 0.05) is 15.6 Å². The summed E-state index contributed by atoms with van der Waals surface area (Å²) in [6, 6.07) is 1.36. The molecule has 1 aliphatic heterocycles. The van der Waals surface area contributed by atoms with Crippen molar-refractivity contribution in [3.63, 3.8) is 0 Å². The Bertz CT molecular complexity index is 596. The van der Waals surface area contributed by atoms with E-state index in [0.717, 1.165) is 16.2 Å². The molecule has 0 saturated heterocycles. The molecule has 84 valence electrons. The van der Waals surface area contributed by atoms with Gasteiger partial charge in [0.1, 0.15) is 4.21 Å². The minimum Gasteiger partial charge on any atom is -0.228 e. The molecule has 0 saturated carbocycles. The van der Waals surface area contributed by atoms with E-state index in [2.05, 4.69) is 0 Å². The molecule has 0 unspecified atom stereocenters. The first-order chi connectivity index (χ1) is 6.78. The van der Waals surface area contributed by atoms with E-state index in [0.29, 0.717) is 12.0 Å². The van der Waals surface area contributed by atoms with Crippen LogP contribution in [0.5, 0.6) is 0 Å². The number of thiophene rings is 1. The number of rotatable bonds is 1. The summed E-state index contributed by atoms with van der Waals surface area (Å²) in [5.41, 5.74) is 0.575. The Morgan fingerprint density at radius 1 is 1.40 bits per heavy atom. The normalized spacial score (nSPS) is 19.8. The third-order valence-electron chi connectivity index (χ3n) is 2.13. The second-order valence-corrected chi connectivity index (χ2v) is 9.41. The fourth-order valence-electron chi connectivity index (χ4n) is 1.45. The van der Waals surface area contributed by atoms with E-state index >= 15 is 0 Å². The number of fused-ring (bicyclic) bond motifs is 1. The average molecular weight is 287 g/mol. The summed E-state index contributed by atoms with van der Waals surface area (Å²) in [6.45, 7) is 0. The number of aryl methyl sites for hydroxylation is 1. The molecule has 4 nitrogen and oxygen atoms in total. The summed E-state index contributed by atoms with van der Waals surface area (Å²) in [6.07, 6.45) is 0.384. The Morgan fingerprint density at radius 3 is 2.67 bits per heavy atom. The molecule has 0 N–H and O–H groups in total. The second kappa shape index (κ2) is 3.44. The molecular weight excluding hydrogens is 280 g/mol. The molecule has 0 spiro atoms. The van der Waals surface area contributed by atoms with Crippen molar-refractivity contribution in [2.75, 3.05) is 5.75 Å². The zero-order chi connectivity index (χ0) is 11.3. The zero-order valence-corrected chi connectivity index (χ0v) is 10.6. The van der Waals surface area contributed by atoms with Crippen LogP contribution in [0.25, 0.3) is 0 Å². The maximum absolute atomic E-state index is 11.3. The first-order valence-corrected chi connectivity index (χ1v) is 8.99. The van der Waals surface area contributed by atoms with Crippen LogP contribution in [0.4, 0.5) is 0 Å². The quantitative estimate of drug-likeness (QED) is 0.726. The summed E-state index contributed by atoms with van der Waals surface area (Å²) >= 11 is 1.06. The molecule has 0 radical (unpaired) electrons. The van der Waals surface area contributed by atoms with Gasteiger partial charge in [0.15, 0.2) is 9.84 Å². The minimum atomic E-state index is -3.74. The van der Waals surface area contributed by atoms with Gasteiger partial charge in [-0.05, 0) is 18.1 Å². The van der Waals surface area contributed by atoms with Crippen molar-refractivity contribution < 1.29 is 16.8 Å². The van der Waals surface area contributed by atoms with E-state index in [-0.39, 0.29) is 15.7 Å². The molecule has 2 heterocycles. The van der Waals surface area contributed by atoms with Gasteiger partial charge in [0.25, 0.3) is 9.05 Å². The Balaban J connectivity index is 2.51. The summed E-state index contributed by atoms with van der Waals surface area (Å²) < 4.78 is 44.7. The summed E-state index contributed by atoms with van der Waals surface area (Å²) in [7, 11) is -1.62. The molecule has 15 heavy (non-hydrogen) atoms. The molecular formula is C7H7ClO4S3. The lowest BCUT2D eigenvalue weighted by atomic mass is 10.2. The maximum Gasteiger partial charge on any atom is 0.270 e. The van der Waals surface area contributed by atoms with Crippen LogP contribution in [-0.2, 0) is 31.1 Å². The van der Waals surface area contributed by atoms with E-state index in [1.54, 1.807) is 0 Å². The third kappa shape index (κ3) is 2.35. The van der Waals surface area contributed by atoms with Gasteiger partial charge in [-0.25, -0.2) is 16.8 Å².